The summed E-state index contributed by atoms with van der Waals surface area (Å²) in [5.41, 5.74) is 1.45. The molecule has 1 amide bonds. The van der Waals surface area contributed by atoms with Gasteiger partial charge in [0, 0.05) is 12.7 Å². The van der Waals surface area contributed by atoms with Gasteiger partial charge in [0.25, 0.3) is 5.88 Å². The lowest BCUT2D eigenvalue weighted by atomic mass is 10.1. The maximum Gasteiger partial charge on any atom is 0.515 e. The van der Waals surface area contributed by atoms with Crippen LogP contribution >= 0.6 is 11.8 Å². The number of methoxy groups -OCH3 is 1. The van der Waals surface area contributed by atoms with E-state index in [0.29, 0.717) is 12.2 Å². The van der Waals surface area contributed by atoms with Crippen molar-refractivity contribution >= 4 is 29.5 Å². The minimum atomic E-state index is -0.906. The average Bonchev–Trinajstić information content (AvgIpc) is 3.13. The van der Waals surface area contributed by atoms with E-state index in [0.717, 1.165) is 17.0 Å². The quantitative estimate of drug-likeness (QED) is 0.447. The summed E-state index contributed by atoms with van der Waals surface area (Å²) >= 11 is 1.30. The Balaban J connectivity index is 1.65. The summed E-state index contributed by atoms with van der Waals surface area (Å²) in [6, 6.07) is 15.4. The number of ether oxygens (including phenoxy) is 2. The standard InChI is InChI=1S/C20H20N4O4S/c1-27-20(26)28-19-16(22-17(25)14-29-18-9-5-6-11-21-18)13-24(23-19)12-10-15-7-3-2-4-8-15/h2-9,11,13H,10,12,14H2,1H3,(H,22,25). The van der Waals surface area contributed by atoms with Crippen molar-refractivity contribution in [3.8, 4) is 5.88 Å². The molecule has 1 N–H and O–H groups in total. The van der Waals surface area contributed by atoms with E-state index in [9.17, 15) is 9.59 Å². The number of carbonyl (C=O) groups is 2. The molecule has 2 heterocycles. The number of rotatable bonds is 8. The van der Waals surface area contributed by atoms with E-state index in [2.05, 4.69) is 20.1 Å². The molecular formula is C20H20N4O4S. The van der Waals surface area contributed by atoms with Crippen molar-refractivity contribution < 1.29 is 19.1 Å². The third-order valence-corrected chi connectivity index (χ3v) is 4.75. The zero-order valence-electron chi connectivity index (χ0n) is 15.8. The van der Waals surface area contributed by atoms with E-state index in [-0.39, 0.29) is 17.5 Å². The molecule has 0 bridgehead atoms. The SMILES string of the molecule is COC(=O)Oc1nn(CCc2ccccc2)cc1NC(=O)CSc1ccccn1. The molecule has 2 aromatic heterocycles. The van der Waals surface area contributed by atoms with E-state index < -0.39 is 6.16 Å². The van der Waals surface area contributed by atoms with Gasteiger partial charge in [0.1, 0.15) is 5.69 Å². The van der Waals surface area contributed by atoms with Crippen LogP contribution in [0.4, 0.5) is 10.5 Å². The fourth-order valence-corrected chi connectivity index (χ4v) is 3.11. The number of benzene rings is 1. The number of nitrogens with zero attached hydrogens (tertiary/aromatic N) is 3. The highest BCUT2D eigenvalue weighted by Crippen LogP contribution is 2.24. The number of thioether (sulfide) groups is 1. The molecule has 0 fully saturated rings. The molecule has 0 atom stereocenters. The lowest BCUT2D eigenvalue weighted by Crippen LogP contribution is -2.15. The number of nitrogens with one attached hydrogen (secondary N) is 1. The Hall–Kier alpha value is -3.33. The summed E-state index contributed by atoms with van der Waals surface area (Å²) in [5.74, 6) is -0.122. The van der Waals surface area contributed by atoms with E-state index in [1.807, 2.05) is 48.5 Å². The molecule has 8 nitrogen and oxygen atoms in total. The highest BCUT2D eigenvalue weighted by Gasteiger charge is 2.17. The van der Waals surface area contributed by atoms with Crippen LogP contribution in [-0.4, -0.2) is 39.7 Å². The van der Waals surface area contributed by atoms with Gasteiger partial charge in [-0.2, -0.15) is 0 Å². The predicted molar refractivity (Wildman–Crippen MR) is 109 cm³/mol. The van der Waals surface area contributed by atoms with Gasteiger partial charge in [-0.1, -0.05) is 48.2 Å². The number of pyridine rings is 1. The van der Waals surface area contributed by atoms with E-state index in [4.69, 9.17) is 4.74 Å². The molecule has 1 aromatic carbocycles. The molecule has 0 aliphatic rings. The summed E-state index contributed by atoms with van der Waals surface area (Å²) in [5, 5.41) is 7.71. The van der Waals surface area contributed by atoms with Gasteiger partial charge in [0.15, 0.2) is 0 Å². The first-order valence-corrected chi connectivity index (χ1v) is 9.83. The van der Waals surface area contributed by atoms with Gasteiger partial charge in [0.05, 0.1) is 24.1 Å². The van der Waals surface area contributed by atoms with Crippen LogP contribution in [0.1, 0.15) is 5.56 Å². The minimum absolute atomic E-state index is 0.0129. The monoisotopic (exact) mass is 412 g/mol. The predicted octanol–water partition coefficient (Wildman–Crippen LogP) is 3.40. The molecule has 0 aliphatic heterocycles. The van der Waals surface area contributed by atoms with E-state index >= 15 is 0 Å². The van der Waals surface area contributed by atoms with Crippen molar-refractivity contribution in [3.05, 3.63) is 66.5 Å². The van der Waals surface area contributed by atoms with E-state index in [1.54, 1.807) is 17.1 Å². The Kier molecular flexibility index (Phi) is 7.23. The third kappa shape index (κ3) is 6.35. The summed E-state index contributed by atoms with van der Waals surface area (Å²) in [7, 11) is 1.20. The number of aryl methyl sites for hydroxylation is 2. The molecule has 0 saturated heterocycles. The second-order valence-corrected chi connectivity index (χ2v) is 6.90. The summed E-state index contributed by atoms with van der Waals surface area (Å²) in [4.78, 5) is 28.0. The van der Waals surface area contributed by atoms with E-state index in [1.165, 1.54) is 18.9 Å². The van der Waals surface area contributed by atoms with Crippen LogP contribution < -0.4 is 10.1 Å². The highest BCUT2D eigenvalue weighted by atomic mass is 32.2. The summed E-state index contributed by atoms with van der Waals surface area (Å²) < 4.78 is 11.2. The van der Waals surface area contributed by atoms with Crippen molar-refractivity contribution in [2.75, 3.05) is 18.2 Å². The molecule has 0 spiro atoms. The van der Waals surface area contributed by atoms with Crippen LogP contribution in [0, 0.1) is 0 Å². The Bertz CT molecular complexity index is 948. The molecule has 9 heteroatoms. The van der Waals surface area contributed by atoms with Crippen molar-refractivity contribution in [2.24, 2.45) is 0 Å². The van der Waals surface area contributed by atoms with Crippen LogP contribution in [0.3, 0.4) is 0 Å². The zero-order chi connectivity index (χ0) is 20.5. The molecule has 3 rings (SSSR count). The largest absolute Gasteiger partial charge is 0.515 e. The van der Waals surface area contributed by atoms with Gasteiger partial charge < -0.3 is 14.8 Å². The van der Waals surface area contributed by atoms with Crippen molar-refractivity contribution in [1.82, 2.24) is 14.8 Å². The zero-order valence-corrected chi connectivity index (χ0v) is 16.6. The molecular weight excluding hydrogens is 392 g/mol. The van der Waals surface area contributed by atoms with Crippen LogP contribution in [0.5, 0.6) is 5.88 Å². The van der Waals surface area contributed by atoms with Crippen LogP contribution in [-0.2, 0) is 22.5 Å². The normalized spacial score (nSPS) is 10.4. The molecule has 0 unspecified atom stereocenters. The van der Waals surface area contributed by atoms with Gasteiger partial charge in [-0.3, -0.25) is 9.48 Å². The first kappa shape index (κ1) is 20.4. The Labute approximate surface area is 172 Å². The maximum absolute atomic E-state index is 12.3. The van der Waals surface area contributed by atoms with Crippen molar-refractivity contribution in [2.45, 2.75) is 18.0 Å². The smallest absolute Gasteiger partial charge is 0.437 e. The highest BCUT2D eigenvalue weighted by molar-refractivity contribution is 7.99. The number of aromatic nitrogens is 3. The maximum atomic E-state index is 12.3. The van der Waals surface area contributed by atoms with Gasteiger partial charge in [0.2, 0.25) is 5.91 Å². The van der Waals surface area contributed by atoms with Crippen molar-refractivity contribution in [3.63, 3.8) is 0 Å². The number of carbonyl (C=O) groups excluding carboxylic acids is 2. The van der Waals surface area contributed by atoms with Gasteiger partial charge in [-0.15, -0.1) is 5.10 Å². The molecule has 29 heavy (non-hydrogen) atoms. The summed E-state index contributed by atoms with van der Waals surface area (Å²) in [6.45, 7) is 0.556. The second-order valence-electron chi connectivity index (χ2n) is 5.91. The molecule has 150 valence electrons. The number of amides is 1. The first-order chi connectivity index (χ1) is 14.1. The van der Waals surface area contributed by atoms with Gasteiger partial charge >= 0.3 is 6.16 Å². The lowest BCUT2D eigenvalue weighted by molar-refractivity contribution is -0.113. The topological polar surface area (TPSA) is 95.3 Å². The minimum Gasteiger partial charge on any atom is -0.437 e. The van der Waals surface area contributed by atoms with Gasteiger partial charge in [-0.05, 0) is 24.1 Å². The molecule has 0 aliphatic carbocycles. The fraction of sp³-hybridized carbons (Fsp3) is 0.200. The Morgan fingerprint density at radius 3 is 2.66 bits per heavy atom. The molecule has 0 saturated carbocycles. The van der Waals surface area contributed by atoms with Crippen LogP contribution in [0.2, 0.25) is 0 Å². The average molecular weight is 412 g/mol. The Morgan fingerprint density at radius 2 is 1.93 bits per heavy atom. The number of hydrogen-bond donors (Lipinski definition) is 1. The lowest BCUT2D eigenvalue weighted by Gasteiger charge is -2.04. The number of anilines is 1. The third-order valence-electron chi connectivity index (χ3n) is 3.81. The molecule has 0 radical (unpaired) electrons. The number of hydrogen-bond acceptors (Lipinski definition) is 7. The van der Waals surface area contributed by atoms with Crippen LogP contribution in [0.15, 0.2) is 66.0 Å². The fourth-order valence-electron chi connectivity index (χ4n) is 2.45. The Morgan fingerprint density at radius 1 is 1.14 bits per heavy atom. The van der Waals surface area contributed by atoms with Gasteiger partial charge in [-0.25, -0.2) is 9.78 Å². The summed E-state index contributed by atoms with van der Waals surface area (Å²) in [6.07, 6.45) is 3.13. The molecule has 3 aromatic rings. The second kappa shape index (κ2) is 10.3. The van der Waals surface area contributed by atoms with Crippen molar-refractivity contribution in [1.29, 1.82) is 0 Å². The van der Waals surface area contributed by atoms with Crippen LogP contribution in [0.25, 0.3) is 0 Å². The first-order valence-electron chi connectivity index (χ1n) is 8.85.